The van der Waals surface area contributed by atoms with Gasteiger partial charge in [-0.15, -0.1) is 4.68 Å². The van der Waals surface area contributed by atoms with Crippen molar-refractivity contribution in [1.82, 2.24) is 9.67 Å². The highest BCUT2D eigenvalue weighted by molar-refractivity contribution is 9.10. The molecule has 1 aliphatic rings. The number of hydrogen-bond donors (Lipinski definition) is 1. The van der Waals surface area contributed by atoms with Crippen LogP contribution in [0, 0.1) is 0 Å². The predicted octanol–water partition coefficient (Wildman–Crippen LogP) is 1.70. The zero-order valence-corrected chi connectivity index (χ0v) is 11.7. The van der Waals surface area contributed by atoms with Gasteiger partial charge >= 0.3 is 0 Å². The average Bonchev–Trinajstić information content (AvgIpc) is 2.71. The third-order valence-corrected chi connectivity index (χ3v) is 3.93. The lowest BCUT2D eigenvalue weighted by atomic mass is 9.77. The number of nitrogens with zero attached hydrogens (tertiary/aromatic N) is 3. The van der Waals surface area contributed by atoms with E-state index in [1.54, 1.807) is 6.33 Å². The van der Waals surface area contributed by atoms with Gasteiger partial charge in [-0.1, -0.05) is 15.9 Å². The van der Waals surface area contributed by atoms with Gasteiger partial charge in [0.05, 0.1) is 13.2 Å². The van der Waals surface area contributed by atoms with E-state index in [0.29, 0.717) is 5.92 Å². The van der Waals surface area contributed by atoms with Gasteiger partial charge in [0, 0.05) is 10.0 Å². The highest BCUT2D eigenvalue weighted by Crippen LogP contribution is 2.39. The van der Waals surface area contributed by atoms with Crippen molar-refractivity contribution in [2.75, 3.05) is 0 Å². The van der Waals surface area contributed by atoms with Gasteiger partial charge in [-0.25, -0.2) is 4.57 Å². The van der Waals surface area contributed by atoms with E-state index in [9.17, 15) is 5.11 Å². The third kappa shape index (κ3) is 2.08. The van der Waals surface area contributed by atoms with Gasteiger partial charge in [0.1, 0.15) is 0 Å². The van der Waals surface area contributed by atoms with Crippen molar-refractivity contribution in [2.24, 2.45) is 7.05 Å². The molecule has 2 aromatic rings. The molecule has 1 aromatic heterocycles. The fourth-order valence-electron chi connectivity index (χ4n) is 2.40. The Labute approximate surface area is 114 Å². The normalized spacial score (nSPS) is 22.8. The van der Waals surface area contributed by atoms with E-state index in [1.807, 2.05) is 28.7 Å². The summed E-state index contributed by atoms with van der Waals surface area (Å²) in [5.74, 6) is 0.432. The van der Waals surface area contributed by atoms with Crippen molar-refractivity contribution in [1.29, 1.82) is 0 Å². The fraction of sp³-hybridized carbons (Fsp3) is 0.385. The second-order valence-electron chi connectivity index (χ2n) is 4.88. The summed E-state index contributed by atoms with van der Waals surface area (Å²) in [5.41, 5.74) is 2.34. The molecule has 0 saturated heterocycles. The first-order valence-corrected chi connectivity index (χ1v) is 6.80. The Kier molecular flexibility index (Phi) is 2.95. The third-order valence-electron chi connectivity index (χ3n) is 3.44. The van der Waals surface area contributed by atoms with Gasteiger partial charge in [0.2, 0.25) is 6.33 Å². The Morgan fingerprint density at radius 1 is 1.44 bits per heavy atom. The molecular formula is C13H15BrN3O+. The summed E-state index contributed by atoms with van der Waals surface area (Å²) >= 11 is 3.51. The highest BCUT2D eigenvalue weighted by atomic mass is 79.9. The predicted molar refractivity (Wildman–Crippen MR) is 70.4 cm³/mol. The molecule has 18 heavy (non-hydrogen) atoms. The van der Waals surface area contributed by atoms with Gasteiger partial charge in [-0.2, -0.15) is 0 Å². The number of aryl methyl sites for hydroxylation is 1. The summed E-state index contributed by atoms with van der Waals surface area (Å²) in [6.45, 7) is 0. The molecule has 0 atom stereocenters. The number of aromatic nitrogens is 3. The number of hydrogen-bond acceptors (Lipinski definition) is 2. The molecule has 4 nitrogen and oxygen atoms in total. The van der Waals surface area contributed by atoms with E-state index < -0.39 is 0 Å². The molecule has 0 spiro atoms. The van der Waals surface area contributed by atoms with Crippen LogP contribution in [0.2, 0.25) is 0 Å². The lowest BCUT2D eigenvalue weighted by Crippen LogP contribution is -2.36. The molecule has 0 radical (unpaired) electrons. The van der Waals surface area contributed by atoms with Gasteiger partial charge in [0.15, 0.2) is 5.69 Å². The van der Waals surface area contributed by atoms with Crippen LogP contribution in [0.4, 0.5) is 0 Å². The van der Waals surface area contributed by atoms with Crippen molar-refractivity contribution in [3.8, 4) is 5.69 Å². The fourth-order valence-corrected chi connectivity index (χ4v) is 2.78. The summed E-state index contributed by atoms with van der Waals surface area (Å²) < 4.78 is 4.87. The first kappa shape index (κ1) is 11.9. The van der Waals surface area contributed by atoms with Gasteiger partial charge in [0.25, 0.3) is 6.33 Å². The molecule has 1 fully saturated rings. The van der Waals surface area contributed by atoms with E-state index >= 15 is 0 Å². The van der Waals surface area contributed by atoms with E-state index in [-0.39, 0.29) is 6.10 Å². The number of aliphatic hydroxyl groups excluding tert-OH is 1. The van der Waals surface area contributed by atoms with E-state index in [2.05, 4.69) is 33.2 Å². The molecule has 0 bridgehead atoms. The van der Waals surface area contributed by atoms with Crippen molar-refractivity contribution in [3.63, 3.8) is 0 Å². The highest BCUT2D eigenvalue weighted by Gasteiger charge is 2.32. The number of halogens is 1. The summed E-state index contributed by atoms with van der Waals surface area (Å²) in [4.78, 5) is 0. The van der Waals surface area contributed by atoms with Crippen molar-refractivity contribution >= 4 is 15.9 Å². The van der Waals surface area contributed by atoms with E-state index in [0.717, 1.165) is 23.0 Å². The van der Waals surface area contributed by atoms with Crippen LogP contribution in [-0.4, -0.2) is 20.9 Å². The molecule has 1 aromatic carbocycles. The Morgan fingerprint density at radius 3 is 2.83 bits per heavy atom. The Hall–Kier alpha value is -1.20. The Bertz CT molecular complexity index is 575. The van der Waals surface area contributed by atoms with Crippen molar-refractivity contribution in [2.45, 2.75) is 24.9 Å². The second-order valence-corrected chi connectivity index (χ2v) is 5.80. The van der Waals surface area contributed by atoms with Crippen LogP contribution in [0.25, 0.3) is 5.69 Å². The summed E-state index contributed by atoms with van der Waals surface area (Å²) in [6.07, 6.45) is 5.27. The standard InChI is InChI=1S/C13H15BrN3O/c1-16-7-15-17(8-16)13-3-2-10(14)6-12(13)9-4-11(18)5-9/h2-3,6-9,11,18H,4-5H2,1H3/q+1/t9-,11-. The Morgan fingerprint density at radius 2 is 2.22 bits per heavy atom. The van der Waals surface area contributed by atoms with Gasteiger partial charge in [-0.3, -0.25) is 0 Å². The van der Waals surface area contributed by atoms with Gasteiger partial charge < -0.3 is 5.11 Å². The molecule has 1 saturated carbocycles. The minimum Gasteiger partial charge on any atom is -0.393 e. The maximum Gasteiger partial charge on any atom is 0.271 e. The minimum atomic E-state index is -0.143. The maximum absolute atomic E-state index is 9.48. The number of aliphatic hydroxyl groups is 1. The van der Waals surface area contributed by atoms with Crippen LogP contribution in [-0.2, 0) is 7.05 Å². The molecule has 0 aliphatic heterocycles. The number of rotatable bonds is 2. The van der Waals surface area contributed by atoms with Gasteiger partial charge in [-0.05, 0) is 42.1 Å². The van der Waals surface area contributed by atoms with Crippen LogP contribution >= 0.6 is 15.9 Å². The average molecular weight is 309 g/mol. The summed E-state index contributed by atoms with van der Waals surface area (Å²) in [6, 6.07) is 6.22. The lowest BCUT2D eigenvalue weighted by molar-refractivity contribution is -0.658. The first-order valence-electron chi connectivity index (χ1n) is 6.01. The summed E-state index contributed by atoms with van der Waals surface area (Å²) in [7, 11) is 1.95. The largest absolute Gasteiger partial charge is 0.393 e. The lowest BCUT2D eigenvalue weighted by Gasteiger charge is -2.32. The van der Waals surface area contributed by atoms with Crippen LogP contribution in [0.5, 0.6) is 0 Å². The first-order chi connectivity index (χ1) is 8.63. The van der Waals surface area contributed by atoms with Crippen LogP contribution in [0.1, 0.15) is 24.3 Å². The molecule has 0 unspecified atom stereocenters. The molecule has 94 valence electrons. The van der Waals surface area contributed by atoms with E-state index in [1.165, 1.54) is 5.56 Å². The van der Waals surface area contributed by atoms with Crippen molar-refractivity contribution in [3.05, 3.63) is 40.9 Å². The Balaban J connectivity index is 2.03. The van der Waals surface area contributed by atoms with Crippen molar-refractivity contribution < 1.29 is 9.79 Å². The van der Waals surface area contributed by atoms with Crippen LogP contribution in [0.3, 0.4) is 0 Å². The monoisotopic (exact) mass is 308 g/mol. The SMILES string of the molecule is Cn1cn[n+](-c2ccc(Br)cc2[C@H]2C[C@H](O)C2)c1. The molecular weight excluding hydrogens is 294 g/mol. The van der Waals surface area contributed by atoms with Crippen LogP contribution in [0.15, 0.2) is 35.3 Å². The molecule has 3 rings (SSSR count). The summed E-state index contributed by atoms with van der Waals surface area (Å²) in [5, 5.41) is 13.8. The second kappa shape index (κ2) is 4.48. The zero-order valence-electron chi connectivity index (χ0n) is 10.1. The smallest absolute Gasteiger partial charge is 0.271 e. The molecule has 5 heteroatoms. The molecule has 1 heterocycles. The minimum absolute atomic E-state index is 0.143. The number of benzene rings is 1. The molecule has 0 amide bonds. The molecule has 1 N–H and O–H groups in total. The zero-order chi connectivity index (χ0) is 12.7. The van der Waals surface area contributed by atoms with Crippen LogP contribution < -0.4 is 4.68 Å². The quantitative estimate of drug-likeness (QED) is 0.858. The topological polar surface area (TPSA) is 41.9 Å². The maximum atomic E-state index is 9.48. The molecule has 1 aliphatic carbocycles. The van der Waals surface area contributed by atoms with E-state index in [4.69, 9.17) is 0 Å².